The van der Waals surface area contributed by atoms with E-state index >= 15 is 0 Å². The summed E-state index contributed by atoms with van der Waals surface area (Å²) in [6, 6.07) is 3.33. The zero-order chi connectivity index (χ0) is 56.1. The number of carbonyl (C=O) groups is 11. The Bertz CT molecular complexity index is 2520. The van der Waals surface area contributed by atoms with Gasteiger partial charge in [0.2, 0.25) is 41.4 Å². The summed E-state index contributed by atoms with van der Waals surface area (Å²) in [5, 5.41) is 53.6. The van der Waals surface area contributed by atoms with E-state index in [9.17, 15) is 71.9 Å². The number of likely N-dealkylation sites (N-methyl/N-ethyl adjacent to an activating group) is 1. The van der Waals surface area contributed by atoms with Crippen LogP contribution < -0.4 is 42.1 Å². The molecule has 2 saturated heterocycles. The summed E-state index contributed by atoms with van der Waals surface area (Å²) in [7, 11) is 3.27. The number of rotatable bonds is 29. The number of alkyl halides is 2. The van der Waals surface area contributed by atoms with Gasteiger partial charge in [-0.1, -0.05) is 0 Å². The van der Waals surface area contributed by atoms with Crippen LogP contribution in [-0.4, -0.2) is 216 Å². The number of piperazine rings is 1. The number of nitrogens with zero attached hydrogens (tertiary/aromatic N) is 6. The van der Waals surface area contributed by atoms with Gasteiger partial charge in [0.1, 0.15) is 18.1 Å². The Morgan fingerprint density at radius 1 is 0.750 bits per heavy atom. The van der Waals surface area contributed by atoms with Crippen LogP contribution in [-0.2, 0) is 47.9 Å². The van der Waals surface area contributed by atoms with Gasteiger partial charge in [-0.25, -0.2) is 8.78 Å². The number of anilines is 1. The zero-order valence-electron chi connectivity index (χ0n) is 41.9. The van der Waals surface area contributed by atoms with Crippen LogP contribution >= 0.6 is 0 Å². The SMILES string of the molecule is CNC(CCC(=O)O)C(=O)NCC(=O)NC(CCC(=O)O)C(=O)NCC(=O)NC(CCC(=O)O)C(=O)NCC(=O)N1CCN(CCCN(C)c2ccc3nccc(C(=O)NCC(=O)N4CC(F)(F)CC4C#N)c3c2)CC1. The molecule has 1 aromatic heterocycles. The highest BCUT2D eigenvalue weighted by molar-refractivity contribution is 6.07. The maximum absolute atomic E-state index is 13.9. The maximum Gasteiger partial charge on any atom is 0.303 e. The lowest BCUT2D eigenvalue weighted by Crippen LogP contribution is -2.55. The van der Waals surface area contributed by atoms with Crippen LogP contribution in [0.3, 0.4) is 0 Å². The minimum atomic E-state index is -3.20. The van der Waals surface area contributed by atoms with Crippen molar-refractivity contribution in [3.05, 3.63) is 36.0 Å². The van der Waals surface area contributed by atoms with E-state index in [1.807, 2.05) is 18.0 Å². The molecule has 10 N–H and O–H groups in total. The first-order valence-electron chi connectivity index (χ1n) is 24.2. The number of fused-ring (bicyclic) bond motifs is 1. The first-order chi connectivity index (χ1) is 36.0. The first kappa shape index (κ1) is 60.4. The molecule has 0 spiro atoms. The molecule has 29 heteroatoms. The Hall–Kier alpha value is -8.13. The highest BCUT2D eigenvalue weighted by Gasteiger charge is 2.47. The van der Waals surface area contributed by atoms with Crippen molar-refractivity contribution in [2.45, 2.75) is 81.5 Å². The van der Waals surface area contributed by atoms with Crippen LogP contribution in [0, 0.1) is 11.3 Å². The highest BCUT2D eigenvalue weighted by Crippen LogP contribution is 2.31. The van der Waals surface area contributed by atoms with Gasteiger partial charge in [-0.2, -0.15) is 5.26 Å². The average Bonchev–Trinajstić information content (AvgIpc) is 3.71. The number of amides is 8. The molecule has 2 aliphatic heterocycles. The molecule has 0 bridgehead atoms. The predicted molar refractivity (Wildman–Crippen MR) is 262 cm³/mol. The number of hydrogen-bond donors (Lipinski definition) is 10. The molecule has 3 heterocycles. The van der Waals surface area contributed by atoms with Crippen LogP contribution in [0.15, 0.2) is 30.5 Å². The molecule has 0 aliphatic carbocycles. The molecule has 2 aliphatic rings. The van der Waals surface area contributed by atoms with E-state index in [1.165, 1.54) is 19.3 Å². The Morgan fingerprint density at radius 3 is 1.82 bits per heavy atom. The van der Waals surface area contributed by atoms with Gasteiger partial charge in [-0.15, -0.1) is 0 Å². The maximum atomic E-state index is 13.9. The number of nitriles is 1. The van der Waals surface area contributed by atoms with Crippen LogP contribution in [0.5, 0.6) is 0 Å². The summed E-state index contributed by atoms with van der Waals surface area (Å²) in [6.45, 7) is -0.492. The van der Waals surface area contributed by atoms with Crippen molar-refractivity contribution in [2.24, 2.45) is 0 Å². The van der Waals surface area contributed by atoms with Crippen molar-refractivity contribution < 1.29 is 76.8 Å². The normalized spacial score (nSPS) is 16.2. The molecule has 8 amide bonds. The molecule has 0 saturated carbocycles. The van der Waals surface area contributed by atoms with E-state index in [4.69, 9.17) is 10.2 Å². The van der Waals surface area contributed by atoms with Gasteiger partial charge in [-0.3, -0.25) is 62.6 Å². The molecule has 4 rings (SSSR count). The second kappa shape index (κ2) is 29.1. The third-order valence-electron chi connectivity index (χ3n) is 12.4. The lowest BCUT2D eigenvalue weighted by molar-refractivity contribution is -0.139. The molecular formula is C47H63F2N13O14. The quantitative estimate of drug-likeness (QED) is 0.0393. The van der Waals surface area contributed by atoms with Crippen molar-refractivity contribution in [3.63, 3.8) is 0 Å². The number of carboxylic acids is 3. The number of halogens is 2. The van der Waals surface area contributed by atoms with Gasteiger partial charge in [0.15, 0.2) is 0 Å². The topological polar surface area (TPSA) is 382 Å². The zero-order valence-corrected chi connectivity index (χ0v) is 41.9. The van der Waals surface area contributed by atoms with E-state index in [-0.39, 0.29) is 18.4 Å². The monoisotopic (exact) mass is 1070 g/mol. The first-order valence-corrected chi connectivity index (χ1v) is 24.2. The molecule has 27 nitrogen and oxygen atoms in total. The average molecular weight is 1070 g/mol. The standard InChI is InChI=1S/C47H63F2N13O14/c1-51-33(6-9-40(67)68)44(74)53-23-36(63)57-34(7-10-41(69)70)45(75)54-24-37(64)58-35(8-11-42(71)72)46(76)56-25-38(65)61-18-16-60(17-19-61)15-3-14-59(2)28-4-5-32-31(20-28)30(12-13-52-32)43(73)55-26-39(66)62-27-47(48,49)21-29(62)22-50/h4-5,12-13,20,29,33-35,51H,3,6-11,14-19,21,23-27H2,1-2H3,(H,53,74)(H,54,75)(H,55,73)(H,56,76)(H,57,63)(H,58,64)(H,67,68)(H,69,70)(H,71,72). The number of carboxylic acid groups (broad SMARTS) is 3. The second-order valence-corrected chi connectivity index (χ2v) is 18.0. The van der Waals surface area contributed by atoms with E-state index in [0.29, 0.717) is 56.6 Å². The fourth-order valence-corrected chi connectivity index (χ4v) is 8.22. The number of aromatic nitrogens is 1. The smallest absolute Gasteiger partial charge is 0.303 e. The Labute approximate surface area is 434 Å². The van der Waals surface area contributed by atoms with Crippen LogP contribution in [0.1, 0.15) is 61.7 Å². The fraction of sp³-hybridized carbons (Fsp3) is 0.553. The summed E-state index contributed by atoms with van der Waals surface area (Å²) in [5.74, 6) is -13.3. The van der Waals surface area contributed by atoms with Crippen molar-refractivity contribution in [1.82, 2.24) is 56.9 Å². The molecule has 4 unspecified atom stereocenters. The van der Waals surface area contributed by atoms with Crippen LogP contribution in [0.4, 0.5) is 14.5 Å². The number of nitrogens with one attached hydrogen (secondary N) is 7. The van der Waals surface area contributed by atoms with Gasteiger partial charge in [-0.05, 0) is 63.5 Å². The number of likely N-dealkylation sites (tertiary alicyclic amines) is 1. The molecule has 0 radical (unpaired) electrons. The third kappa shape index (κ3) is 19.3. The number of pyridine rings is 1. The summed E-state index contributed by atoms with van der Waals surface area (Å²) < 4.78 is 27.8. The van der Waals surface area contributed by atoms with Crippen molar-refractivity contribution >= 4 is 81.8 Å². The minimum absolute atomic E-state index is 0.0868. The molecule has 2 aromatic rings. The van der Waals surface area contributed by atoms with E-state index in [1.54, 1.807) is 23.1 Å². The summed E-state index contributed by atoms with van der Waals surface area (Å²) in [6.07, 6.45) is -1.02. The number of hydrogen-bond acceptors (Lipinski definition) is 16. The number of benzene rings is 1. The predicted octanol–water partition coefficient (Wildman–Crippen LogP) is -2.80. The minimum Gasteiger partial charge on any atom is -0.481 e. The van der Waals surface area contributed by atoms with Crippen molar-refractivity contribution in [3.8, 4) is 6.07 Å². The second-order valence-electron chi connectivity index (χ2n) is 18.0. The molecular weight excluding hydrogens is 1010 g/mol. The highest BCUT2D eigenvalue weighted by atomic mass is 19.3. The Kier molecular flexibility index (Phi) is 23.1. The van der Waals surface area contributed by atoms with Gasteiger partial charge < -0.3 is 67.2 Å². The van der Waals surface area contributed by atoms with E-state index in [0.717, 1.165) is 10.6 Å². The molecule has 1 aromatic carbocycles. The molecule has 4 atom stereocenters. The Morgan fingerprint density at radius 2 is 1.28 bits per heavy atom. The van der Waals surface area contributed by atoms with E-state index < -0.39 is 160 Å². The lowest BCUT2D eigenvalue weighted by atomic mass is 10.1. The van der Waals surface area contributed by atoms with Gasteiger partial charge in [0.25, 0.3) is 11.8 Å². The van der Waals surface area contributed by atoms with Gasteiger partial charge in [0, 0.05) is 82.7 Å². The summed E-state index contributed by atoms with van der Waals surface area (Å²) in [5.41, 5.74) is 1.47. The van der Waals surface area contributed by atoms with Gasteiger partial charge >= 0.3 is 17.9 Å². The lowest BCUT2D eigenvalue weighted by Gasteiger charge is -2.35. The number of aliphatic carboxylic acids is 3. The summed E-state index contributed by atoms with van der Waals surface area (Å²) in [4.78, 5) is 147. The van der Waals surface area contributed by atoms with E-state index in [2.05, 4.69) is 47.1 Å². The van der Waals surface area contributed by atoms with Crippen LogP contribution in [0.2, 0.25) is 0 Å². The summed E-state index contributed by atoms with van der Waals surface area (Å²) >= 11 is 0. The fourth-order valence-electron chi connectivity index (χ4n) is 8.22. The van der Waals surface area contributed by atoms with Crippen LogP contribution in [0.25, 0.3) is 10.9 Å². The van der Waals surface area contributed by atoms with Gasteiger partial charge in [0.05, 0.1) is 55.9 Å². The Balaban J connectivity index is 1.21. The molecule has 414 valence electrons. The third-order valence-corrected chi connectivity index (χ3v) is 12.4. The molecule has 76 heavy (non-hydrogen) atoms. The molecule has 2 fully saturated rings. The number of carbonyl (C=O) groups excluding carboxylic acids is 8. The van der Waals surface area contributed by atoms with Crippen molar-refractivity contribution in [2.75, 3.05) is 91.0 Å². The largest absolute Gasteiger partial charge is 0.481 e. The van der Waals surface area contributed by atoms with Crippen molar-refractivity contribution in [1.29, 1.82) is 5.26 Å².